The Morgan fingerprint density at radius 3 is 2.75 bits per heavy atom. The second-order valence-corrected chi connectivity index (χ2v) is 5.44. The second kappa shape index (κ2) is 5.64. The van der Waals surface area contributed by atoms with Gasteiger partial charge in [0, 0.05) is 19.7 Å². The lowest BCUT2D eigenvalue weighted by Gasteiger charge is -2.36. The van der Waals surface area contributed by atoms with Gasteiger partial charge < -0.3 is 15.1 Å². The maximum Gasteiger partial charge on any atom is 0.310 e. The van der Waals surface area contributed by atoms with Gasteiger partial charge in [0.2, 0.25) is 0 Å². The van der Waals surface area contributed by atoms with E-state index in [-0.39, 0.29) is 6.61 Å². The van der Waals surface area contributed by atoms with E-state index in [1.165, 1.54) is 0 Å². The summed E-state index contributed by atoms with van der Waals surface area (Å²) < 4.78 is 0. The van der Waals surface area contributed by atoms with E-state index >= 15 is 0 Å². The van der Waals surface area contributed by atoms with E-state index in [4.69, 9.17) is 10.2 Å². The van der Waals surface area contributed by atoms with Crippen LogP contribution in [0.5, 0.6) is 0 Å². The van der Waals surface area contributed by atoms with Crippen molar-refractivity contribution in [3.05, 3.63) is 0 Å². The molecule has 0 amide bonds. The lowest BCUT2D eigenvalue weighted by atomic mass is 9.89. The molecule has 0 aromatic heterocycles. The Morgan fingerprint density at radius 2 is 2.19 bits per heavy atom. The largest absolute Gasteiger partial charge is 0.481 e. The number of aliphatic hydroxyl groups excluding tert-OH is 1. The molecule has 0 saturated carbocycles. The first-order valence-corrected chi connectivity index (χ1v) is 6.02. The summed E-state index contributed by atoms with van der Waals surface area (Å²) in [5.74, 6) is -0.208. The molecule has 0 spiro atoms. The van der Waals surface area contributed by atoms with Crippen molar-refractivity contribution in [1.29, 1.82) is 0 Å². The van der Waals surface area contributed by atoms with Gasteiger partial charge in [-0.1, -0.05) is 0 Å². The predicted octanol–water partition coefficient (Wildman–Crippen LogP) is 1.19. The highest BCUT2D eigenvalue weighted by molar-refractivity contribution is 5.73. The van der Waals surface area contributed by atoms with Crippen molar-refractivity contribution in [3.63, 3.8) is 0 Å². The minimum atomic E-state index is -0.739. The molecule has 0 aromatic rings. The monoisotopic (exact) mass is 229 g/mol. The van der Waals surface area contributed by atoms with Crippen LogP contribution in [0, 0.1) is 11.3 Å². The zero-order chi connectivity index (χ0) is 12.2. The van der Waals surface area contributed by atoms with Crippen LogP contribution in [0.25, 0.3) is 0 Å². The Labute approximate surface area is 97.3 Å². The molecule has 1 heterocycles. The summed E-state index contributed by atoms with van der Waals surface area (Å²) in [6.07, 6.45) is 3.11. The minimum Gasteiger partial charge on any atom is -0.481 e. The van der Waals surface area contributed by atoms with E-state index in [9.17, 15) is 4.79 Å². The molecule has 1 fully saturated rings. The smallest absolute Gasteiger partial charge is 0.310 e. The number of hydrogen-bond acceptors (Lipinski definition) is 3. The van der Waals surface area contributed by atoms with E-state index in [1.54, 1.807) is 13.8 Å². The molecule has 0 radical (unpaired) electrons. The van der Waals surface area contributed by atoms with Gasteiger partial charge in [-0.3, -0.25) is 4.79 Å². The standard InChI is InChI=1S/C12H23NO3/c1-12(2,11(15)16)9-13-6-3-4-10(8-13)5-7-14/h10,14H,3-9H2,1-2H3,(H,15,16). The van der Waals surface area contributed by atoms with Crippen molar-refractivity contribution in [1.82, 2.24) is 4.90 Å². The molecule has 1 aliphatic rings. The molecule has 16 heavy (non-hydrogen) atoms. The SMILES string of the molecule is CC(C)(CN1CCCC(CCO)C1)C(=O)O. The highest BCUT2D eigenvalue weighted by Gasteiger charge is 2.31. The van der Waals surface area contributed by atoms with Crippen LogP contribution in [0.2, 0.25) is 0 Å². The summed E-state index contributed by atoms with van der Waals surface area (Å²) in [6, 6.07) is 0. The second-order valence-electron chi connectivity index (χ2n) is 5.44. The summed E-state index contributed by atoms with van der Waals surface area (Å²) in [5, 5.41) is 18.0. The topological polar surface area (TPSA) is 60.8 Å². The van der Waals surface area contributed by atoms with Crippen LogP contribution in [0.15, 0.2) is 0 Å². The number of nitrogens with zero attached hydrogens (tertiary/aromatic N) is 1. The molecule has 1 rings (SSSR count). The summed E-state index contributed by atoms with van der Waals surface area (Å²) in [5.41, 5.74) is -0.679. The summed E-state index contributed by atoms with van der Waals surface area (Å²) in [4.78, 5) is 13.3. The number of carboxylic acids is 1. The van der Waals surface area contributed by atoms with Gasteiger partial charge in [-0.05, 0) is 45.6 Å². The predicted molar refractivity (Wildman–Crippen MR) is 62.3 cm³/mol. The van der Waals surface area contributed by atoms with E-state index in [1.807, 2.05) is 0 Å². The van der Waals surface area contributed by atoms with Crippen molar-refractivity contribution in [2.45, 2.75) is 33.1 Å². The summed E-state index contributed by atoms with van der Waals surface area (Å²) >= 11 is 0. The minimum absolute atomic E-state index is 0.237. The first kappa shape index (κ1) is 13.5. The first-order valence-electron chi connectivity index (χ1n) is 6.02. The van der Waals surface area contributed by atoms with Crippen LogP contribution >= 0.6 is 0 Å². The van der Waals surface area contributed by atoms with E-state index < -0.39 is 11.4 Å². The maximum absolute atomic E-state index is 11.0. The number of likely N-dealkylation sites (tertiary alicyclic amines) is 1. The molecule has 2 N–H and O–H groups in total. The van der Waals surface area contributed by atoms with Crippen LogP contribution in [0.3, 0.4) is 0 Å². The van der Waals surface area contributed by atoms with Crippen molar-refractivity contribution in [2.75, 3.05) is 26.2 Å². The Bertz CT molecular complexity index is 238. The van der Waals surface area contributed by atoms with Gasteiger partial charge in [0.25, 0.3) is 0 Å². The van der Waals surface area contributed by atoms with Crippen molar-refractivity contribution in [2.24, 2.45) is 11.3 Å². The molecule has 1 atom stereocenters. The third-order valence-corrected chi connectivity index (χ3v) is 3.34. The third kappa shape index (κ3) is 3.76. The molecule has 0 aromatic carbocycles. The molecule has 4 heteroatoms. The Morgan fingerprint density at radius 1 is 1.50 bits per heavy atom. The average molecular weight is 229 g/mol. The van der Waals surface area contributed by atoms with Gasteiger partial charge in [0.1, 0.15) is 0 Å². The number of aliphatic carboxylic acids is 1. The molecule has 94 valence electrons. The van der Waals surface area contributed by atoms with Crippen molar-refractivity contribution >= 4 is 5.97 Å². The maximum atomic E-state index is 11.0. The van der Waals surface area contributed by atoms with Crippen molar-refractivity contribution in [3.8, 4) is 0 Å². The lowest BCUT2D eigenvalue weighted by Crippen LogP contribution is -2.44. The van der Waals surface area contributed by atoms with E-state index in [0.717, 1.165) is 32.4 Å². The van der Waals surface area contributed by atoms with Crippen LogP contribution in [-0.4, -0.2) is 47.3 Å². The zero-order valence-electron chi connectivity index (χ0n) is 10.3. The fourth-order valence-electron chi connectivity index (χ4n) is 2.34. The number of carbonyl (C=O) groups is 1. The first-order chi connectivity index (χ1) is 7.45. The van der Waals surface area contributed by atoms with Crippen LogP contribution in [0.1, 0.15) is 33.1 Å². The quantitative estimate of drug-likeness (QED) is 0.743. The fourth-order valence-corrected chi connectivity index (χ4v) is 2.34. The number of piperidine rings is 1. The average Bonchev–Trinajstić information content (AvgIpc) is 2.17. The Hall–Kier alpha value is -0.610. The summed E-state index contributed by atoms with van der Waals surface area (Å²) in [7, 11) is 0. The Balaban J connectivity index is 2.45. The number of aliphatic hydroxyl groups is 1. The van der Waals surface area contributed by atoms with Crippen LogP contribution < -0.4 is 0 Å². The molecular formula is C12H23NO3. The molecular weight excluding hydrogens is 206 g/mol. The number of hydrogen-bond donors (Lipinski definition) is 2. The van der Waals surface area contributed by atoms with Crippen LogP contribution in [-0.2, 0) is 4.79 Å². The number of carboxylic acid groups (broad SMARTS) is 1. The Kier molecular flexibility index (Phi) is 4.74. The van der Waals surface area contributed by atoms with Crippen molar-refractivity contribution < 1.29 is 15.0 Å². The molecule has 1 aliphatic heterocycles. The highest BCUT2D eigenvalue weighted by atomic mass is 16.4. The van der Waals surface area contributed by atoms with Gasteiger partial charge in [0.15, 0.2) is 0 Å². The fraction of sp³-hybridized carbons (Fsp3) is 0.917. The lowest BCUT2D eigenvalue weighted by molar-refractivity contribution is -0.148. The normalized spacial score (nSPS) is 23.3. The summed E-state index contributed by atoms with van der Waals surface area (Å²) in [6.45, 7) is 6.29. The molecule has 4 nitrogen and oxygen atoms in total. The zero-order valence-corrected chi connectivity index (χ0v) is 10.3. The van der Waals surface area contributed by atoms with Gasteiger partial charge in [-0.2, -0.15) is 0 Å². The molecule has 1 unspecified atom stereocenters. The van der Waals surface area contributed by atoms with Gasteiger partial charge >= 0.3 is 5.97 Å². The van der Waals surface area contributed by atoms with Gasteiger partial charge in [0.05, 0.1) is 5.41 Å². The van der Waals surface area contributed by atoms with E-state index in [2.05, 4.69) is 4.90 Å². The third-order valence-electron chi connectivity index (χ3n) is 3.34. The van der Waals surface area contributed by atoms with Crippen LogP contribution in [0.4, 0.5) is 0 Å². The number of rotatable bonds is 5. The van der Waals surface area contributed by atoms with Gasteiger partial charge in [-0.25, -0.2) is 0 Å². The molecule has 0 bridgehead atoms. The molecule has 1 saturated heterocycles. The van der Waals surface area contributed by atoms with Gasteiger partial charge in [-0.15, -0.1) is 0 Å². The van der Waals surface area contributed by atoms with E-state index in [0.29, 0.717) is 12.5 Å². The molecule has 0 aliphatic carbocycles. The highest BCUT2D eigenvalue weighted by Crippen LogP contribution is 2.24.